The Bertz CT molecular complexity index is 698. The van der Waals surface area contributed by atoms with Gasteiger partial charge in [-0.05, 0) is 67.2 Å². The summed E-state index contributed by atoms with van der Waals surface area (Å²) in [5.41, 5.74) is 5.71. The number of hydrogen-bond donors (Lipinski definition) is 1. The molecule has 3 heteroatoms. The van der Waals surface area contributed by atoms with Crippen LogP contribution in [0.3, 0.4) is 0 Å². The lowest BCUT2D eigenvalue weighted by Gasteiger charge is -2.21. The zero-order chi connectivity index (χ0) is 15.6. The second kappa shape index (κ2) is 6.54. The number of halogens is 1. The fourth-order valence-electron chi connectivity index (χ4n) is 3.91. The maximum Gasteiger partial charge on any atom is 0.0441 e. The first-order chi connectivity index (χ1) is 11.3. The van der Waals surface area contributed by atoms with E-state index in [1.54, 1.807) is 0 Å². The first kappa shape index (κ1) is 15.0. The molecule has 2 aromatic carbocycles. The average Bonchev–Trinajstić information content (AvgIpc) is 2.94. The maximum absolute atomic E-state index is 6.39. The molecule has 1 N–H and O–H groups in total. The van der Waals surface area contributed by atoms with Crippen LogP contribution in [-0.4, -0.2) is 26.2 Å². The Labute approximate surface area is 143 Å². The first-order valence-corrected chi connectivity index (χ1v) is 9.01. The first-order valence-electron chi connectivity index (χ1n) is 8.63. The van der Waals surface area contributed by atoms with E-state index in [0.29, 0.717) is 5.92 Å². The number of hydrogen-bond acceptors (Lipinski definition) is 2. The summed E-state index contributed by atoms with van der Waals surface area (Å²) in [5, 5.41) is 4.40. The molecular formula is C20H23ClN2. The van der Waals surface area contributed by atoms with Crippen molar-refractivity contribution < 1.29 is 0 Å². The highest BCUT2D eigenvalue weighted by Crippen LogP contribution is 2.34. The molecular weight excluding hydrogens is 304 g/mol. The Balaban J connectivity index is 1.54. The SMILES string of the molecule is Clc1ccccc1C1CCN(c2ccc3c(c2)CCNCC3)C1. The van der Waals surface area contributed by atoms with E-state index in [9.17, 15) is 0 Å². The smallest absolute Gasteiger partial charge is 0.0441 e. The van der Waals surface area contributed by atoms with Crippen LogP contribution < -0.4 is 10.2 Å². The molecule has 0 amide bonds. The predicted octanol–water partition coefficient (Wildman–Crippen LogP) is 4.02. The third kappa shape index (κ3) is 3.11. The Hall–Kier alpha value is -1.51. The standard InChI is InChI=1S/C20H23ClN2/c21-20-4-2-1-3-19(20)17-9-12-23(14-17)18-6-5-15-7-10-22-11-8-16(15)13-18/h1-6,13,17,22H,7-12,14H2. The number of fused-ring (bicyclic) bond motifs is 1. The minimum Gasteiger partial charge on any atom is -0.371 e. The third-order valence-electron chi connectivity index (χ3n) is 5.23. The van der Waals surface area contributed by atoms with E-state index in [1.165, 1.54) is 28.8 Å². The summed E-state index contributed by atoms with van der Waals surface area (Å²) in [6, 6.07) is 15.4. The summed E-state index contributed by atoms with van der Waals surface area (Å²) in [6.07, 6.45) is 3.48. The van der Waals surface area contributed by atoms with E-state index in [1.807, 2.05) is 12.1 Å². The molecule has 1 unspecified atom stereocenters. The average molecular weight is 327 g/mol. The van der Waals surface area contributed by atoms with Crippen LogP contribution in [0.1, 0.15) is 29.0 Å². The van der Waals surface area contributed by atoms with Crippen molar-refractivity contribution >= 4 is 17.3 Å². The summed E-state index contributed by atoms with van der Waals surface area (Å²) in [4.78, 5) is 2.52. The van der Waals surface area contributed by atoms with E-state index in [4.69, 9.17) is 11.6 Å². The minimum absolute atomic E-state index is 0.546. The van der Waals surface area contributed by atoms with Gasteiger partial charge in [0.15, 0.2) is 0 Å². The molecule has 120 valence electrons. The lowest BCUT2D eigenvalue weighted by Crippen LogP contribution is -2.19. The van der Waals surface area contributed by atoms with Crippen LogP contribution in [0.25, 0.3) is 0 Å². The van der Waals surface area contributed by atoms with Crippen LogP contribution in [-0.2, 0) is 12.8 Å². The molecule has 2 aliphatic rings. The van der Waals surface area contributed by atoms with E-state index in [0.717, 1.165) is 44.0 Å². The highest BCUT2D eigenvalue weighted by Gasteiger charge is 2.25. The molecule has 0 aliphatic carbocycles. The number of nitrogens with one attached hydrogen (secondary N) is 1. The van der Waals surface area contributed by atoms with Gasteiger partial charge in [-0.25, -0.2) is 0 Å². The summed E-state index contributed by atoms with van der Waals surface area (Å²) in [6.45, 7) is 4.39. The molecule has 1 atom stereocenters. The molecule has 0 aromatic heterocycles. The maximum atomic E-state index is 6.39. The zero-order valence-electron chi connectivity index (χ0n) is 13.4. The van der Waals surface area contributed by atoms with E-state index in [2.05, 4.69) is 40.5 Å². The molecule has 4 rings (SSSR count). The molecule has 2 nitrogen and oxygen atoms in total. The molecule has 2 heterocycles. The van der Waals surface area contributed by atoms with Gasteiger partial charge in [0.2, 0.25) is 0 Å². The van der Waals surface area contributed by atoms with Crippen molar-refractivity contribution in [3.05, 3.63) is 64.2 Å². The summed E-state index contributed by atoms with van der Waals surface area (Å²) < 4.78 is 0. The number of nitrogens with zero attached hydrogens (tertiary/aromatic N) is 1. The largest absolute Gasteiger partial charge is 0.371 e. The quantitative estimate of drug-likeness (QED) is 0.896. The van der Waals surface area contributed by atoms with Crippen molar-refractivity contribution in [2.24, 2.45) is 0 Å². The molecule has 0 radical (unpaired) electrons. The minimum atomic E-state index is 0.546. The highest BCUT2D eigenvalue weighted by molar-refractivity contribution is 6.31. The Morgan fingerprint density at radius 2 is 1.83 bits per heavy atom. The lowest BCUT2D eigenvalue weighted by atomic mass is 9.98. The molecule has 2 aliphatic heterocycles. The van der Waals surface area contributed by atoms with Gasteiger partial charge in [-0.15, -0.1) is 0 Å². The van der Waals surface area contributed by atoms with Gasteiger partial charge in [0, 0.05) is 29.7 Å². The molecule has 2 aromatic rings. The zero-order valence-corrected chi connectivity index (χ0v) is 14.1. The monoisotopic (exact) mass is 326 g/mol. The molecule has 1 fully saturated rings. The van der Waals surface area contributed by atoms with E-state index in [-0.39, 0.29) is 0 Å². The summed E-state index contributed by atoms with van der Waals surface area (Å²) >= 11 is 6.39. The van der Waals surface area contributed by atoms with Crippen molar-refractivity contribution in [2.45, 2.75) is 25.2 Å². The number of benzene rings is 2. The van der Waals surface area contributed by atoms with Crippen molar-refractivity contribution in [1.29, 1.82) is 0 Å². The van der Waals surface area contributed by atoms with E-state index < -0.39 is 0 Å². The highest BCUT2D eigenvalue weighted by atomic mass is 35.5. The topological polar surface area (TPSA) is 15.3 Å². The van der Waals surface area contributed by atoms with Crippen LogP contribution >= 0.6 is 11.6 Å². The van der Waals surface area contributed by atoms with Gasteiger partial charge in [0.25, 0.3) is 0 Å². The molecule has 0 saturated carbocycles. The number of anilines is 1. The number of rotatable bonds is 2. The van der Waals surface area contributed by atoms with Crippen molar-refractivity contribution in [1.82, 2.24) is 5.32 Å². The fourth-order valence-corrected chi connectivity index (χ4v) is 4.20. The van der Waals surface area contributed by atoms with Crippen LogP contribution in [0.4, 0.5) is 5.69 Å². The van der Waals surface area contributed by atoms with Crippen LogP contribution in [0.5, 0.6) is 0 Å². The van der Waals surface area contributed by atoms with Gasteiger partial charge in [-0.3, -0.25) is 0 Å². The van der Waals surface area contributed by atoms with Gasteiger partial charge < -0.3 is 10.2 Å². The van der Waals surface area contributed by atoms with E-state index >= 15 is 0 Å². The fraction of sp³-hybridized carbons (Fsp3) is 0.400. The molecule has 23 heavy (non-hydrogen) atoms. The summed E-state index contributed by atoms with van der Waals surface area (Å²) in [7, 11) is 0. The third-order valence-corrected chi connectivity index (χ3v) is 5.57. The second-order valence-electron chi connectivity index (χ2n) is 6.66. The molecule has 0 spiro atoms. The van der Waals surface area contributed by atoms with Gasteiger partial charge in [-0.1, -0.05) is 35.9 Å². The molecule has 1 saturated heterocycles. The van der Waals surface area contributed by atoms with Gasteiger partial charge >= 0.3 is 0 Å². The Morgan fingerprint density at radius 1 is 1.00 bits per heavy atom. The van der Waals surface area contributed by atoms with Crippen LogP contribution in [0, 0.1) is 0 Å². The summed E-state index contributed by atoms with van der Waals surface area (Å²) in [5.74, 6) is 0.546. The molecule has 0 bridgehead atoms. The second-order valence-corrected chi connectivity index (χ2v) is 7.06. The Morgan fingerprint density at radius 3 is 2.70 bits per heavy atom. The van der Waals surface area contributed by atoms with Crippen molar-refractivity contribution in [2.75, 3.05) is 31.1 Å². The van der Waals surface area contributed by atoms with Crippen LogP contribution in [0.2, 0.25) is 5.02 Å². The van der Waals surface area contributed by atoms with Crippen LogP contribution in [0.15, 0.2) is 42.5 Å². The van der Waals surface area contributed by atoms with Crippen molar-refractivity contribution in [3.63, 3.8) is 0 Å². The van der Waals surface area contributed by atoms with Gasteiger partial charge in [-0.2, -0.15) is 0 Å². The van der Waals surface area contributed by atoms with Crippen molar-refractivity contribution in [3.8, 4) is 0 Å². The van der Waals surface area contributed by atoms with Gasteiger partial charge in [0.05, 0.1) is 0 Å². The lowest BCUT2D eigenvalue weighted by molar-refractivity contribution is 0.711. The predicted molar refractivity (Wildman–Crippen MR) is 97.7 cm³/mol. The Kier molecular flexibility index (Phi) is 4.28. The van der Waals surface area contributed by atoms with Gasteiger partial charge in [0.1, 0.15) is 0 Å². The normalized spacial score (nSPS) is 21.1.